The zero-order chi connectivity index (χ0) is 21.0. The first-order valence-corrected chi connectivity index (χ1v) is 11.5. The summed E-state index contributed by atoms with van der Waals surface area (Å²) in [6, 6.07) is 10.3. The van der Waals surface area contributed by atoms with Gasteiger partial charge in [-0.15, -0.1) is 0 Å². The van der Waals surface area contributed by atoms with Gasteiger partial charge in [0.1, 0.15) is 5.75 Å². The molecule has 0 aliphatic heterocycles. The van der Waals surface area contributed by atoms with Crippen molar-refractivity contribution in [1.82, 2.24) is 4.98 Å². The number of hydrogen-bond donors (Lipinski definition) is 2. The fraction of sp³-hybridized carbons (Fsp3) is 0.300. The van der Waals surface area contributed by atoms with E-state index in [-0.39, 0.29) is 16.6 Å². The molecule has 0 atom stereocenters. The van der Waals surface area contributed by atoms with Crippen molar-refractivity contribution in [3.63, 3.8) is 0 Å². The maximum atomic E-state index is 12.8. The average molecular weight is 434 g/mol. The molecule has 2 N–H and O–H groups in total. The summed E-state index contributed by atoms with van der Waals surface area (Å²) in [5.41, 5.74) is 2.38. The molecule has 2 aromatic carbocycles. The highest BCUT2D eigenvalue weighted by molar-refractivity contribution is 7.93. The van der Waals surface area contributed by atoms with Gasteiger partial charge in [-0.2, -0.15) is 0 Å². The van der Waals surface area contributed by atoms with Crippen LogP contribution in [0.15, 0.2) is 41.3 Å². The minimum absolute atomic E-state index is 0.0198. The molecule has 0 aliphatic rings. The molecular formula is C20H23N3O4S2. The molecule has 1 heterocycles. The van der Waals surface area contributed by atoms with Gasteiger partial charge in [0.25, 0.3) is 10.0 Å². The molecule has 0 unspecified atom stereocenters. The molecule has 154 valence electrons. The monoisotopic (exact) mass is 433 g/mol. The summed E-state index contributed by atoms with van der Waals surface area (Å²) in [5.74, 6) is -0.0160. The number of ether oxygens (including phenoxy) is 1. The lowest BCUT2D eigenvalue weighted by Gasteiger charge is -2.11. The number of rotatable bonds is 8. The van der Waals surface area contributed by atoms with Gasteiger partial charge < -0.3 is 10.1 Å². The van der Waals surface area contributed by atoms with Crippen LogP contribution in [0.25, 0.3) is 10.2 Å². The number of hydrogen-bond acceptors (Lipinski definition) is 6. The predicted octanol–water partition coefficient (Wildman–Crippen LogP) is 4.41. The number of methoxy groups -OCH3 is 1. The van der Waals surface area contributed by atoms with E-state index in [0.717, 1.165) is 29.5 Å². The second-order valence-corrected chi connectivity index (χ2v) is 9.29. The highest BCUT2D eigenvalue weighted by Gasteiger charge is 2.19. The van der Waals surface area contributed by atoms with Gasteiger partial charge in [-0.25, -0.2) is 13.4 Å². The number of carbonyl (C=O) groups excluding carboxylic acids is 1. The number of carbonyl (C=O) groups is 1. The van der Waals surface area contributed by atoms with Crippen LogP contribution in [0.5, 0.6) is 5.75 Å². The van der Waals surface area contributed by atoms with Crippen molar-refractivity contribution >= 4 is 48.3 Å². The molecule has 0 spiro atoms. The number of aryl methyl sites for hydroxylation is 1. The zero-order valence-corrected chi connectivity index (χ0v) is 18.1. The first kappa shape index (κ1) is 21.1. The molecule has 0 saturated heterocycles. The van der Waals surface area contributed by atoms with Crippen LogP contribution in [0.3, 0.4) is 0 Å². The molecular weight excluding hydrogens is 410 g/mol. The summed E-state index contributed by atoms with van der Waals surface area (Å²) in [4.78, 5) is 15.7. The van der Waals surface area contributed by atoms with Crippen LogP contribution in [0.1, 0.15) is 32.3 Å². The van der Waals surface area contributed by atoms with E-state index in [4.69, 9.17) is 4.74 Å². The maximum absolute atomic E-state index is 12.8. The van der Waals surface area contributed by atoms with E-state index in [1.54, 1.807) is 0 Å². The summed E-state index contributed by atoms with van der Waals surface area (Å²) < 4.78 is 34.3. The number of sulfonamides is 1. The Morgan fingerprint density at radius 1 is 1.21 bits per heavy atom. The van der Waals surface area contributed by atoms with Crippen molar-refractivity contribution in [2.45, 2.75) is 38.0 Å². The van der Waals surface area contributed by atoms with Gasteiger partial charge in [-0.05, 0) is 42.7 Å². The third-order valence-electron chi connectivity index (χ3n) is 4.29. The SMILES string of the molecule is CCCCc1ccc2nc(NS(=O)(=O)c3ccc(NC(C)=O)c(OC)c3)sc2c1. The van der Waals surface area contributed by atoms with Crippen LogP contribution in [0.4, 0.5) is 10.8 Å². The molecule has 0 saturated carbocycles. The Morgan fingerprint density at radius 2 is 2.00 bits per heavy atom. The number of aromatic nitrogens is 1. The summed E-state index contributed by atoms with van der Waals surface area (Å²) in [7, 11) is -2.45. The number of fused-ring (bicyclic) bond motifs is 1. The van der Waals surface area contributed by atoms with E-state index in [1.165, 1.54) is 49.1 Å². The number of nitrogens with one attached hydrogen (secondary N) is 2. The van der Waals surface area contributed by atoms with E-state index in [1.807, 2.05) is 12.1 Å². The van der Waals surface area contributed by atoms with Gasteiger partial charge in [-0.1, -0.05) is 30.7 Å². The molecule has 0 fully saturated rings. The molecule has 29 heavy (non-hydrogen) atoms. The van der Waals surface area contributed by atoms with E-state index in [0.29, 0.717) is 10.8 Å². The summed E-state index contributed by atoms with van der Waals surface area (Å²) in [6.07, 6.45) is 3.22. The predicted molar refractivity (Wildman–Crippen MR) is 116 cm³/mol. The van der Waals surface area contributed by atoms with Gasteiger partial charge in [0, 0.05) is 13.0 Å². The number of unbranched alkanes of at least 4 members (excludes halogenated alkanes) is 1. The average Bonchev–Trinajstić information content (AvgIpc) is 3.06. The van der Waals surface area contributed by atoms with Crippen molar-refractivity contribution in [2.24, 2.45) is 0 Å². The highest BCUT2D eigenvalue weighted by atomic mass is 32.2. The van der Waals surface area contributed by atoms with E-state index in [9.17, 15) is 13.2 Å². The van der Waals surface area contributed by atoms with E-state index >= 15 is 0 Å². The fourth-order valence-electron chi connectivity index (χ4n) is 2.85. The Labute approximate surface area is 174 Å². The second kappa shape index (κ2) is 8.79. The molecule has 0 bridgehead atoms. The van der Waals surface area contributed by atoms with Crippen LogP contribution < -0.4 is 14.8 Å². The number of amides is 1. The Hall–Kier alpha value is -2.65. The number of thiazole rings is 1. The lowest BCUT2D eigenvalue weighted by atomic mass is 10.1. The summed E-state index contributed by atoms with van der Waals surface area (Å²) >= 11 is 1.30. The molecule has 0 aliphatic carbocycles. The van der Waals surface area contributed by atoms with Gasteiger partial charge in [0.15, 0.2) is 5.13 Å². The standard InChI is InChI=1S/C20H23N3O4S2/c1-4-5-6-14-7-9-17-19(11-14)28-20(22-17)23-29(25,26)15-8-10-16(21-13(2)24)18(12-15)27-3/h7-12H,4-6H2,1-3H3,(H,21,24)(H,22,23). The normalized spacial score (nSPS) is 11.4. The lowest BCUT2D eigenvalue weighted by Crippen LogP contribution is -2.13. The van der Waals surface area contributed by atoms with Crippen LogP contribution in [0.2, 0.25) is 0 Å². The lowest BCUT2D eigenvalue weighted by molar-refractivity contribution is -0.114. The largest absolute Gasteiger partial charge is 0.495 e. The Kier molecular flexibility index (Phi) is 6.39. The molecule has 1 amide bonds. The van der Waals surface area contributed by atoms with Crippen molar-refractivity contribution in [3.05, 3.63) is 42.0 Å². The highest BCUT2D eigenvalue weighted by Crippen LogP contribution is 2.31. The van der Waals surface area contributed by atoms with Crippen molar-refractivity contribution < 1.29 is 17.9 Å². The van der Waals surface area contributed by atoms with Crippen LogP contribution in [0, 0.1) is 0 Å². The molecule has 7 nitrogen and oxygen atoms in total. The molecule has 3 rings (SSSR count). The van der Waals surface area contributed by atoms with Crippen molar-refractivity contribution in [1.29, 1.82) is 0 Å². The molecule has 0 radical (unpaired) electrons. The molecule has 1 aromatic heterocycles. The number of benzene rings is 2. The second-order valence-electron chi connectivity index (χ2n) is 6.57. The summed E-state index contributed by atoms with van der Waals surface area (Å²) in [6.45, 7) is 3.52. The maximum Gasteiger partial charge on any atom is 0.263 e. The van der Waals surface area contributed by atoms with Gasteiger partial charge in [-0.3, -0.25) is 9.52 Å². The molecule has 9 heteroatoms. The zero-order valence-electron chi connectivity index (χ0n) is 16.5. The smallest absolute Gasteiger partial charge is 0.263 e. The third-order valence-corrected chi connectivity index (χ3v) is 6.69. The Bertz CT molecular complexity index is 1140. The van der Waals surface area contributed by atoms with Gasteiger partial charge in [0.2, 0.25) is 5.91 Å². The van der Waals surface area contributed by atoms with E-state index < -0.39 is 10.0 Å². The van der Waals surface area contributed by atoms with Gasteiger partial charge >= 0.3 is 0 Å². The van der Waals surface area contributed by atoms with Gasteiger partial charge in [0.05, 0.1) is 27.9 Å². The molecule has 3 aromatic rings. The minimum Gasteiger partial charge on any atom is -0.495 e. The Morgan fingerprint density at radius 3 is 2.69 bits per heavy atom. The number of anilines is 2. The quantitative estimate of drug-likeness (QED) is 0.548. The topological polar surface area (TPSA) is 97.4 Å². The summed E-state index contributed by atoms with van der Waals surface area (Å²) in [5, 5.41) is 2.90. The minimum atomic E-state index is -3.86. The fourth-order valence-corrected chi connectivity index (χ4v) is 5.03. The number of nitrogens with zero attached hydrogens (tertiary/aromatic N) is 1. The van der Waals surface area contributed by atoms with Crippen LogP contribution in [-0.4, -0.2) is 26.4 Å². The Balaban J connectivity index is 1.86. The van der Waals surface area contributed by atoms with Crippen LogP contribution in [-0.2, 0) is 21.2 Å². The third kappa shape index (κ3) is 5.04. The van der Waals surface area contributed by atoms with Crippen LogP contribution >= 0.6 is 11.3 Å². The van der Waals surface area contributed by atoms with Crippen molar-refractivity contribution in [3.8, 4) is 5.75 Å². The first-order valence-electron chi connectivity index (χ1n) is 9.20. The first-order chi connectivity index (χ1) is 13.8. The van der Waals surface area contributed by atoms with Crippen molar-refractivity contribution in [2.75, 3.05) is 17.1 Å². The van der Waals surface area contributed by atoms with E-state index in [2.05, 4.69) is 28.0 Å².